The second-order valence-electron chi connectivity index (χ2n) is 6.06. The minimum absolute atomic E-state index is 0.489. The van der Waals surface area contributed by atoms with Crippen LogP contribution in [0.3, 0.4) is 0 Å². The Morgan fingerprint density at radius 2 is 1.75 bits per heavy atom. The smallest absolute Gasteiger partial charge is 0.00272 e. The highest BCUT2D eigenvalue weighted by molar-refractivity contribution is 5.15. The Balaban J connectivity index is 1.71. The summed E-state index contributed by atoms with van der Waals surface area (Å²) >= 11 is 0. The van der Waals surface area contributed by atoms with Gasteiger partial charge in [-0.05, 0) is 23.3 Å². The van der Waals surface area contributed by atoms with E-state index in [1.54, 1.807) is 0 Å². The van der Waals surface area contributed by atoms with Gasteiger partial charge in [-0.1, -0.05) is 51.1 Å². The van der Waals surface area contributed by atoms with E-state index in [0.29, 0.717) is 5.41 Å². The Morgan fingerprint density at radius 3 is 2.31 bits per heavy atom. The molecule has 1 heteroatoms. The Labute approximate surface area is 99.5 Å². The van der Waals surface area contributed by atoms with Crippen molar-refractivity contribution in [2.75, 3.05) is 19.6 Å². The number of nitrogens with zero attached hydrogens (tertiary/aromatic N) is 1. The lowest BCUT2D eigenvalue weighted by molar-refractivity contribution is 0.0259. The first-order valence-corrected chi connectivity index (χ1v) is 6.32. The fourth-order valence-corrected chi connectivity index (χ4v) is 2.23. The van der Waals surface area contributed by atoms with Crippen LogP contribution in [-0.4, -0.2) is 24.5 Å². The molecule has 0 aliphatic carbocycles. The lowest BCUT2D eigenvalue weighted by Gasteiger charge is -2.46. The molecule has 1 heterocycles. The highest BCUT2D eigenvalue weighted by Crippen LogP contribution is 2.33. The Morgan fingerprint density at radius 1 is 1.12 bits per heavy atom. The monoisotopic (exact) mass is 217 g/mol. The maximum absolute atomic E-state index is 2.57. The molecule has 0 N–H and O–H groups in total. The highest BCUT2D eigenvalue weighted by Gasteiger charge is 2.34. The van der Waals surface area contributed by atoms with Crippen LogP contribution in [0, 0.1) is 11.3 Å². The molecule has 1 aromatic carbocycles. The van der Waals surface area contributed by atoms with Gasteiger partial charge in [0.05, 0.1) is 0 Å². The zero-order chi connectivity index (χ0) is 11.6. The van der Waals surface area contributed by atoms with Crippen LogP contribution in [0.2, 0.25) is 0 Å². The molecular weight excluding hydrogens is 194 g/mol. The van der Waals surface area contributed by atoms with Crippen molar-refractivity contribution < 1.29 is 0 Å². The zero-order valence-electron chi connectivity index (χ0n) is 10.7. The molecule has 1 aliphatic rings. The van der Waals surface area contributed by atoms with Crippen LogP contribution in [-0.2, 0) is 6.42 Å². The molecule has 16 heavy (non-hydrogen) atoms. The molecule has 1 aromatic rings. The third-order valence-corrected chi connectivity index (χ3v) is 3.74. The second kappa shape index (κ2) is 4.58. The molecule has 0 atom stereocenters. The summed E-state index contributed by atoms with van der Waals surface area (Å²) in [7, 11) is 0. The second-order valence-corrected chi connectivity index (χ2v) is 6.06. The van der Waals surface area contributed by atoms with E-state index in [2.05, 4.69) is 56.0 Å². The largest absolute Gasteiger partial charge is 0.302 e. The van der Waals surface area contributed by atoms with Gasteiger partial charge in [-0.2, -0.15) is 0 Å². The Bertz CT molecular complexity index is 317. The Kier molecular flexibility index (Phi) is 3.34. The molecule has 0 spiro atoms. The van der Waals surface area contributed by atoms with Crippen LogP contribution in [0.4, 0.5) is 0 Å². The number of hydrogen-bond acceptors (Lipinski definition) is 1. The van der Waals surface area contributed by atoms with E-state index in [1.807, 2.05) is 0 Å². The quantitative estimate of drug-likeness (QED) is 0.751. The zero-order valence-corrected chi connectivity index (χ0v) is 10.7. The summed E-state index contributed by atoms with van der Waals surface area (Å²) in [5.41, 5.74) is 1.95. The molecule has 1 nitrogen and oxygen atoms in total. The third kappa shape index (κ3) is 2.85. The minimum atomic E-state index is 0.489. The SMILES string of the molecule is CC(C)(C)C1CN(CCc2ccccc2)C1. The van der Waals surface area contributed by atoms with Crippen molar-refractivity contribution in [3.8, 4) is 0 Å². The number of likely N-dealkylation sites (tertiary alicyclic amines) is 1. The van der Waals surface area contributed by atoms with Crippen molar-refractivity contribution in [2.24, 2.45) is 11.3 Å². The van der Waals surface area contributed by atoms with Gasteiger partial charge in [0.25, 0.3) is 0 Å². The summed E-state index contributed by atoms with van der Waals surface area (Å²) in [6.45, 7) is 10.9. The van der Waals surface area contributed by atoms with Gasteiger partial charge in [0, 0.05) is 19.6 Å². The van der Waals surface area contributed by atoms with E-state index in [9.17, 15) is 0 Å². The predicted molar refractivity (Wildman–Crippen MR) is 69.5 cm³/mol. The average Bonchev–Trinajstić information content (AvgIpc) is 2.15. The topological polar surface area (TPSA) is 3.24 Å². The van der Waals surface area contributed by atoms with Crippen molar-refractivity contribution in [3.05, 3.63) is 35.9 Å². The van der Waals surface area contributed by atoms with Crippen LogP contribution in [0.15, 0.2) is 30.3 Å². The molecule has 0 bridgehead atoms. The molecule has 1 aliphatic heterocycles. The van der Waals surface area contributed by atoms with Gasteiger partial charge >= 0.3 is 0 Å². The van der Waals surface area contributed by atoms with Crippen LogP contribution in [0.1, 0.15) is 26.3 Å². The van der Waals surface area contributed by atoms with E-state index in [1.165, 1.54) is 31.6 Å². The summed E-state index contributed by atoms with van der Waals surface area (Å²) in [5, 5.41) is 0. The van der Waals surface area contributed by atoms with Gasteiger partial charge in [-0.15, -0.1) is 0 Å². The molecule has 2 rings (SSSR count). The molecule has 0 saturated carbocycles. The van der Waals surface area contributed by atoms with Gasteiger partial charge in [-0.25, -0.2) is 0 Å². The lowest BCUT2D eigenvalue weighted by atomic mass is 9.76. The van der Waals surface area contributed by atoms with E-state index in [-0.39, 0.29) is 0 Å². The predicted octanol–water partition coefficient (Wildman–Crippen LogP) is 3.21. The fourth-order valence-electron chi connectivity index (χ4n) is 2.23. The van der Waals surface area contributed by atoms with Crippen molar-refractivity contribution in [2.45, 2.75) is 27.2 Å². The van der Waals surface area contributed by atoms with E-state index in [0.717, 1.165) is 5.92 Å². The van der Waals surface area contributed by atoms with Crippen LogP contribution in [0.5, 0.6) is 0 Å². The summed E-state index contributed by atoms with van der Waals surface area (Å²) in [5.74, 6) is 0.892. The fraction of sp³-hybridized carbons (Fsp3) is 0.600. The average molecular weight is 217 g/mol. The summed E-state index contributed by atoms with van der Waals surface area (Å²) < 4.78 is 0. The number of hydrogen-bond donors (Lipinski definition) is 0. The summed E-state index contributed by atoms with van der Waals surface area (Å²) in [6, 6.07) is 10.8. The normalized spacial score (nSPS) is 18.4. The minimum Gasteiger partial charge on any atom is -0.302 e. The molecule has 0 unspecified atom stereocenters. The van der Waals surface area contributed by atoms with E-state index in [4.69, 9.17) is 0 Å². The molecular formula is C15H23N. The Hall–Kier alpha value is -0.820. The number of benzene rings is 1. The summed E-state index contributed by atoms with van der Waals surface area (Å²) in [6.07, 6.45) is 1.19. The summed E-state index contributed by atoms with van der Waals surface area (Å²) in [4.78, 5) is 2.57. The molecule has 1 fully saturated rings. The van der Waals surface area contributed by atoms with Crippen LogP contribution >= 0.6 is 0 Å². The highest BCUT2D eigenvalue weighted by atomic mass is 15.2. The van der Waals surface area contributed by atoms with Crippen molar-refractivity contribution >= 4 is 0 Å². The molecule has 0 aromatic heterocycles. The van der Waals surface area contributed by atoms with Crippen molar-refractivity contribution in [1.82, 2.24) is 4.90 Å². The van der Waals surface area contributed by atoms with E-state index >= 15 is 0 Å². The third-order valence-electron chi connectivity index (χ3n) is 3.74. The lowest BCUT2D eigenvalue weighted by Crippen LogP contribution is -2.52. The first-order valence-electron chi connectivity index (χ1n) is 6.32. The molecule has 0 amide bonds. The van der Waals surface area contributed by atoms with Gasteiger partial charge in [0.15, 0.2) is 0 Å². The van der Waals surface area contributed by atoms with Crippen molar-refractivity contribution in [3.63, 3.8) is 0 Å². The first-order chi connectivity index (χ1) is 7.55. The first kappa shape index (κ1) is 11.7. The van der Waals surface area contributed by atoms with Gasteiger partial charge in [0.2, 0.25) is 0 Å². The van der Waals surface area contributed by atoms with Crippen molar-refractivity contribution in [1.29, 1.82) is 0 Å². The molecule has 0 radical (unpaired) electrons. The van der Waals surface area contributed by atoms with Crippen LogP contribution in [0.25, 0.3) is 0 Å². The number of rotatable bonds is 3. The maximum Gasteiger partial charge on any atom is 0.00272 e. The van der Waals surface area contributed by atoms with E-state index < -0.39 is 0 Å². The standard InChI is InChI=1S/C15H23N/c1-15(2,3)14-11-16(12-14)10-9-13-7-5-4-6-8-13/h4-8,14H,9-12H2,1-3H3. The molecule has 88 valence electrons. The molecule has 1 saturated heterocycles. The van der Waals surface area contributed by atoms with Crippen LogP contribution < -0.4 is 0 Å². The van der Waals surface area contributed by atoms with Gasteiger partial charge in [0.1, 0.15) is 0 Å². The maximum atomic E-state index is 2.57. The van der Waals surface area contributed by atoms with Gasteiger partial charge in [-0.3, -0.25) is 0 Å². The van der Waals surface area contributed by atoms with Gasteiger partial charge < -0.3 is 4.90 Å².